The van der Waals surface area contributed by atoms with E-state index in [-0.39, 0.29) is 31.9 Å². The largest absolute Gasteiger partial charge is 0.399 e. The quantitative estimate of drug-likeness (QED) is 0.295. The molecule has 0 aliphatic heterocycles. The molecule has 23 heavy (non-hydrogen) atoms. The van der Waals surface area contributed by atoms with Gasteiger partial charge >= 0.3 is 0 Å². The van der Waals surface area contributed by atoms with Crippen molar-refractivity contribution < 1.29 is 19.8 Å². The molecule has 1 aromatic carbocycles. The van der Waals surface area contributed by atoms with Crippen LogP contribution >= 0.6 is 0 Å². The van der Waals surface area contributed by atoms with Gasteiger partial charge in [-0.25, -0.2) is 0 Å². The maximum atomic E-state index is 12.1. The maximum Gasteiger partial charge on any atom is 0.266 e. The second-order valence-corrected chi connectivity index (χ2v) is 4.50. The number of aliphatic hydroxyl groups excluding tert-OH is 2. The summed E-state index contributed by atoms with van der Waals surface area (Å²) in [5.41, 5.74) is 6.04. The number of nitrogen functional groups attached to an aromatic ring is 1. The Hall–Kier alpha value is -2.89. The summed E-state index contributed by atoms with van der Waals surface area (Å²) in [6, 6.07) is 7.82. The summed E-state index contributed by atoms with van der Waals surface area (Å²) >= 11 is 0. The topological polar surface area (TPSA) is 140 Å². The lowest BCUT2D eigenvalue weighted by Gasteiger charge is -2.19. The first-order valence-corrected chi connectivity index (χ1v) is 6.81. The van der Waals surface area contributed by atoms with Crippen LogP contribution in [0, 0.1) is 11.3 Å². The SMILES string of the molecule is N#C/C(=C/NC(=O)c1ccc(N)cc1)C(=O)N(CCO)CCO. The van der Waals surface area contributed by atoms with Crippen molar-refractivity contribution in [2.24, 2.45) is 0 Å². The fourth-order valence-electron chi connectivity index (χ4n) is 1.72. The van der Waals surface area contributed by atoms with Crippen molar-refractivity contribution in [1.29, 1.82) is 5.26 Å². The molecule has 8 heteroatoms. The number of nitrogens with two attached hydrogens (primary N) is 1. The molecule has 122 valence electrons. The molecule has 0 saturated carbocycles. The highest BCUT2D eigenvalue weighted by Crippen LogP contribution is 2.06. The highest BCUT2D eigenvalue weighted by atomic mass is 16.3. The number of nitriles is 1. The van der Waals surface area contributed by atoms with Crippen molar-refractivity contribution >= 4 is 17.5 Å². The van der Waals surface area contributed by atoms with E-state index in [1.165, 1.54) is 12.1 Å². The van der Waals surface area contributed by atoms with Gasteiger partial charge in [0.2, 0.25) is 0 Å². The van der Waals surface area contributed by atoms with Gasteiger partial charge in [-0.05, 0) is 24.3 Å². The maximum absolute atomic E-state index is 12.1. The smallest absolute Gasteiger partial charge is 0.266 e. The van der Waals surface area contributed by atoms with Crippen molar-refractivity contribution in [2.75, 3.05) is 32.0 Å². The van der Waals surface area contributed by atoms with Gasteiger partial charge < -0.3 is 26.2 Å². The minimum atomic E-state index is -0.687. The second-order valence-electron chi connectivity index (χ2n) is 4.50. The van der Waals surface area contributed by atoms with E-state index >= 15 is 0 Å². The number of carbonyl (C=O) groups is 2. The van der Waals surface area contributed by atoms with Crippen LogP contribution in [0.5, 0.6) is 0 Å². The van der Waals surface area contributed by atoms with E-state index in [9.17, 15) is 9.59 Å². The Morgan fingerprint density at radius 2 is 1.78 bits per heavy atom. The molecule has 0 radical (unpaired) electrons. The lowest BCUT2D eigenvalue weighted by Crippen LogP contribution is -2.37. The first-order valence-electron chi connectivity index (χ1n) is 6.81. The Morgan fingerprint density at radius 1 is 1.22 bits per heavy atom. The predicted molar refractivity (Wildman–Crippen MR) is 82.8 cm³/mol. The molecule has 0 spiro atoms. The van der Waals surface area contributed by atoms with Crippen LogP contribution in [0.1, 0.15) is 10.4 Å². The number of nitrogens with one attached hydrogen (secondary N) is 1. The van der Waals surface area contributed by atoms with Gasteiger partial charge in [0.25, 0.3) is 11.8 Å². The van der Waals surface area contributed by atoms with Crippen LogP contribution < -0.4 is 11.1 Å². The van der Waals surface area contributed by atoms with E-state index in [0.717, 1.165) is 11.1 Å². The molecule has 0 atom stereocenters. The van der Waals surface area contributed by atoms with Gasteiger partial charge in [-0.3, -0.25) is 9.59 Å². The normalized spacial score (nSPS) is 10.7. The first-order chi connectivity index (χ1) is 11.0. The number of aliphatic hydroxyl groups is 2. The molecule has 1 rings (SSSR count). The molecule has 1 aromatic rings. The molecular weight excluding hydrogens is 300 g/mol. The monoisotopic (exact) mass is 318 g/mol. The zero-order valence-corrected chi connectivity index (χ0v) is 12.4. The number of anilines is 1. The summed E-state index contributed by atoms with van der Waals surface area (Å²) in [5, 5.41) is 29.2. The van der Waals surface area contributed by atoms with E-state index in [4.69, 9.17) is 21.2 Å². The van der Waals surface area contributed by atoms with Crippen LogP contribution in [0.3, 0.4) is 0 Å². The van der Waals surface area contributed by atoms with E-state index in [1.54, 1.807) is 18.2 Å². The van der Waals surface area contributed by atoms with Gasteiger partial charge in [0, 0.05) is 30.5 Å². The Balaban J connectivity index is 2.81. The molecule has 2 amide bonds. The van der Waals surface area contributed by atoms with E-state index in [1.807, 2.05) is 0 Å². The Kier molecular flexibility index (Phi) is 7.26. The molecule has 5 N–H and O–H groups in total. The van der Waals surface area contributed by atoms with Crippen LogP contribution in [0.4, 0.5) is 5.69 Å². The first kappa shape index (κ1) is 18.2. The predicted octanol–water partition coefficient (Wildman–Crippen LogP) is -0.781. The fourth-order valence-corrected chi connectivity index (χ4v) is 1.72. The summed E-state index contributed by atoms with van der Waals surface area (Å²) in [4.78, 5) is 25.1. The summed E-state index contributed by atoms with van der Waals surface area (Å²) < 4.78 is 0. The summed E-state index contributed by atoms with van der Waals surface area (Å²) in [6.07, 6.45) is 1.00. The molecule has 0 aliphatic carbocycles. The van der Waals surface area contributed by atoms with Gasteiger partial charge in [0.15, 0.2) is 0 Å². The van der Waals surface area contributed by atoms with Gasteiger partial charge in [-0.2, -0.15) is 5.26 Å². The molecule has 0 heterocycles. The second kappa shape index (κ2) is 9.19. The van der Waals surface area contributed by atoms with Gasteiger partial charge in [-0.1, -0.05) is 0 Å². The van der Waals surface area contributed by atoms with Crippen molar-refractivity contribution in [2.45, 2.75) is 0 Å². The third-order valence-electron chi connectivity index (χ3n) is 2.90. The van der Waals surface area contributed by atoms with Crippen LogP contribution in [0.15, 0.2) is 36.0 Å². The average Bonchev–Trinajstić information content (AvgIpc) is 2.55. The summed E-state index contributed by atoms with van der Waals surface area (Å²) in [5.74, 6) is -1.19. The highest BCUT2D eigenvalue weighted by molar-refractivity contribution is 5.99. The summed E-state index contributed by atoms with van der Waals surface area (Å²) in [7, 11) is 0. The average molecular weight is 318 g/mol. The third kappa shape index (κ3) is 5.43. The molecule has 0 saturated heterocycles. The Bertz CT molecular complexity index is 613. The highest BCUT2D eigenvalue weighted by Gasteiger charge is 2.17. The standard InChI is InChI=1S/C15H18N4O4/c16-9-12(15(23)19(5-7-20)6-8-21)10-18-14(22)11-1-3-13(17)4-2-11/h1-4,10,20-21H,5-8,17H2,(H,18,22)/b12-10-. The zero-order valence-electron chi connectivity index (χ0n) is 12.4. The minimum Gasteiger partial charge on any atom is -0.399 e. The van der Waals surface area contributed by atoms with E-state index in [0.29, 0.717) is 11.3 Å². The Morgan fingerprint density at radius 3 is 2.26 bits per heavy atom. The Labute approximate surface area is 133 Å². The van der Waals surface area contributed by atoms with Crippen molar-refractivity contribution in [3.8, 4) is 6.07 Å². The van der Waals surface area contributed by atoms with Crippen molar-refractivity contribution in [3.63, 3.8) is 0 Å². The molecule has 0 aromatic heterocycles. The van der Waals surface area contributed by atoms with Crippen LogP contribution in [0.25, 0.3) is 0 Å². The van der Waals surface area contributed by atoms with Gasteiger partial charge in [0.1, 0.15) is 11.6 Å². The summed E-state index contributed by atoms with van der Waals surface area (Å²) in [6.45, 7) is -0.654. The van der Waals surface area contributed by atoms with E-state index < -0.39 is 11.8 Å². The molecule has 0 bridgehead atoms. The fraction of sp³-hybridized carbons (Fsp3) is 0.267. The van der Waals surface area contributed by atoms with Gasteiger partial charge in [-0.15, -0.1) is 0 Å². The molecular formula is C15H18N4O4. The molecule has 0 aliphatic rings. The number of carbonyl (C=O) groups excluding carboxylic acids is 2. The minimum absolute atomic E-state index is 0.0235. The third-order valence-corrected chi connectivity index (χ3v) is 2.90. The zero-order chi connectivity index (χ0) is 17.2. The number of nitrogens with zero attached hydrogens (tertiary/aromatic N) is 2. The van der Waals surface area contributed by atoms with Crippen LogP contribution in [-0.4, -0.2) is 53.2 Å². The number of benzene rings is 1. The lowest BCUT2D eigenvalue weighted by atomic mass is 10.2. The van der Waals surface area contributed by atoms with Crippen LogP contribution in [0.2, 0.25) is 0 Å². The number of rotatable bonds is 7. The van der Waals surface area contributed by atoms with E-state index in [2.05, 4.69) is 5.32 Å². The molecule has 0 fully saturated rings. The van der Waals surface area contributed by atoms with Crippen LogP contribution in [-0.2, 0) is 4.79 Å². The molecule has 8 nitrogen and oxygen atoms in total. The number of hydrogen-bond donors (Lipinski definition) is 4. The number of hydrogen-bond acceptors (Lipinski definition) is 6. The molecule has 0 unspecified atom stereocenters. The van der Waals surface area contributed by atoms with Crippen molar-refractivity contribution in [1.82, 2.24) is 10.2 Å². The van der Waals surface area contributed by atoms with Crippen molar-refractivity contribution in [3.05, 3.63) is 41.6 Å². The van der Waals surface area contributed by atoms with Gasteiger partial charge in [0.05, 0.1) is 13.2 Å². The number of amides is 2. The lowest BCUT2D eigenvalue weighted by molar-refractivity contribution is -0.127.